The Bertz CT molecular complexity index is 404. The van der Waals surface area contributed by atoms with E-state index in [0.717, 1.165) is 0 Å². The average molecular weight is 212 g/mol. The molecule has 1 aromatic rings. The van der Waals surface area contributed by atoms with E-state index in [0.29, 0.717) is 0 Å². The molecule has 0 spiro atoms. The highest BCUT2D eigenvalue weighted by atomic mass is 14.2. The van der Waals surface area contributed by atoms with Crippen molar-refractivity contribution in [2.24, 2.45) is 0 Å². The van der Waals surface area contributed by atoms with Gasteiger partial charge in [0.15, 0.2) is 0 Å². The van der Waals surface area contributed by atoms with E-state index in [9.17, 15) is 0 Å². The summed E-state index contributed by atoms with van der Waals surface area (Å²) in [5.41, 5.74) is 6.66. The van der Waals surface area contributed by atoms with E-state index in [1.54, 1.807) is 22.3 Å². The summed E-state index contributed by atoms with van der Waals surface area (Å²) in [6.45, 7) is 0. The summed E-state index contributed by atoms with van der Waals surface area (Å²) < 4.78 is 0. The Morgan fingerprint density at radius 1 is 0.688 bits per heavy atom. The molecular formula is C16H20. The number of rotatable bonds is 0. The molecule has 0 aromatic heterocycles. The Balaban J connectivity index is 2.09. The Morgan fingerprint density at radius 2 is 1.38 bits per heavy atom. The Labute approximate surface area is 98.4 Å². The maximum absolute atomic E-state index is 2.35. The van der Waals surface area contributed by atoms with Crippen LogP contribution in [0.15, 0.2) is 29.8 Å². The Hall–Kier alpha value is -1.04. The molecule has 0 heterocycles. The first-order chi connectivity index (χ1) is 7.95. The number of hydrogen-bond acceptors (Lipinski definition) is 0. The van der Waals surface area contributed by atoms with Crippen LogP contribution in [0.3, 0.4) is 0 Å². The molecule has 0 N–H and O–H groups in total. The van der Waals surface area contributed by atoms with Crippen molar-refractivity contribution in [2.45, 2.75) is 51.4 Å². The van der Waals surface area contributed by atoms with E-state index >= 15 is 0 Å². The third-order valence-corrected chi connectivity index (χ3v) is 4.10. The maximum Gasteiger partial charge on any atom is -0.0193 e. The van der Waals surface area contributed by atoms with Crippen molar-refractivity contribution in [3.8, 4) is 0 Å². The fourth-order valence-corrected chi connectivity index (χ4v) is 3.26. The molecule has 2 aliphatic carbocycles. The molecule has 1 aromatic carbocycles. The zero-order valence-corrected chi connectivity index (χ0v) is 9.97. The topological polar surface area (TPSA) is 0 Å². The zero-order valence-electron chi connectivity index (χ0n) is 9.97. The summed E-state index contributed by atoms with van der Waals surface area (Å²) in [5, 5.41) is 0. The predicted molar refractivity (Wildman–Crippen MR) is 69.4 cm³/mol. The highest BCUT2D eigenvalue weighted by molar-refractivity contribution is 5.72. The van der Waals surface area contributed by atoms with Gasteiger partial charge in [-0.15, -0.1) is 0 Å². The summed E-state index contributed by atoms with van der Waals surface area (Å²) in [6, 6.07) is 9.08. The molecule has 0 heteroatoms. The standard InChI is InChI=1S/C16H20/c1-2-8-13(7-1)15-11-5-3-9-14-10-4-6-12-16(14)15/h4,6,10,12H,1-3,5,7-9,11H2. The predicted octanol–water partition coefficient (Wildman–Crippen LogP) is 4.74. The molecule has 1 fully saturated rings. The van der Waals surface area contributed by atoms with Gasteiger partial charge >= 0.3 is 0 Å². The van der Waals surface area contributed by atoms with Crippen molar-refractivity contribution in [3.05, 3.63) is 41.0 Å². The highest BCUT2D eigenvalue weighted by Crippen LogP contribution is 2.37. The lowest BCUT2D eigenvalue weighted by molar-refractivity contribution is 0.769. The molecule has 1 saturated carbocycles. The highest BCUT2D eigenvalue weighted by Gasteiger charge is 2.17. The van der Waals surface area contributed by atoms with Gasteiger partial charge in [0.25, 0.3) is 0 Å². The maximum atomic E-state index is 2.35. The minimum absolute atomic E-state index is 1.28. The van der Waals surface area contributed by atoms with Gasteiger partial charge in [-0.25, -0.2) is 0 Å². The van der Waals surface area contributed by atoms with Crippen LogP contribution >= 0.6 is 0 Å². The van der Waals surface area contributed by atoms with Gasteiger partial charge in [-0.2, -0.15) is 0 Å². The van der Waals surface area contributed by atoms with Crippen LogP contribution in [0.2, 0.25) is 0 Å². The van der Waals surface area contributed by atoms with Crippen molar-refractivity contribution in [3.63, 3.8) is 0 Å². The van der Waals surface area contributed by atoms with E-state index in [4.69, 9.17) is 0 Å². The summed E-state index contributed by atoms with van der Waals surface area (Å²) in [4.78, 5) is 0. The van der Waals surface area contributed by atoms with Crippen LogP contribution in [0.25, 0.3) is 5.57 Å². The fraction of sp³-hybridized carbons (Fsp3) is 0.500. The minimum Gasteiger partial charge on any atom is -0.0664 e. The zero-order chi connectivity index (χ0) is 10.8. The van der Waals surface area contributed by atoms with E-state index in [-0.39, 0.29) is 0 Å². The van der Waals surface area contributed by atoms with Crippen LogP contribution in [-0.4, -0.2) is 0 Å². The Morgan fingerprint density at radius 3 is 2.25 bits per heavy atom. The SMILES string of the molecule is c1ccc2c(c1)CCCCC2=C1CCCC1. The number of allylic oxidation sites excluding steroid dienone is 2. The second-order valence-corrected chi connectivity index (χ2v) is 5.15. The number of hydrogen-bond donors (Lipinski definition) is 0. The van der Waals surface area contributed by atoms with Crippen LogP contribution in [0.5, 0.6) is 0 Å². The molecule has 2 aliphatic rings. The van der Waals surface area contributed by atoms with Crippen molar-refractivity contribution >= 4 is 5.57 Å². The largest absolute Gasteiger partial charge is 0.0664 e. The lowest BCUT2D eigenvalue weighted by Crippen LogP contribution is -1.92. The quantitative estimate of drug-likeness (QED) is 0.545. The molecule has 0 atom stereocenters. The van der Waals surface area contributed by atoms with E-state index < -0.39 is 0 Å². The van der Waals surface area contributed by atoms with Crippen LogP contribution in [0.4, 0.5) is 0 Å². The van der Waals surface area contributed by atoms with Gasteiger partial charge in [0.1, 0.15) is 0 Å². The van der Waals surface area contributed by atoms with Gasteiger partial charge in [0, 0.05) is 0 Å². The summed E-state index contributed by atoms with van der Waals surface area (Å²) in [6.07, 6.45) is 10.9. The summed E-state index contributed by atoms with van der Waals surface area (Å²) in [7, 11) is 0. The monoisotopic (exact) mass is 212 g/mol. The molecule has 0 aliphatic heterocycles. The molecule has 0 amide bonds. The molecule has 0 radical (unpaired) electrons. The average Bonchev–Trinajstić information content (AvgIpc) is 2.76. The molecule has 0 saturated heterocycles. The van der Waals surface area contributed by atoms with E-state index in [2.05, 4.69) is 24.3 Å². The van der Waals surface area contributed by atoms with Gasteiger partial charge in [-0.05, 0) is 68.1 Å². The van der Waals surface area contributed by atoms with Gasteiger partial charge in [0.05, 0.1) is 0 Å². The van der Waals surface area contributed by atoms with Crippen molar-refractivity contribution in [2.75, 3.05) is 0 Å². The minimum atomic E-state index is 1.28. The van der Waals surface area contributed by atoms with Gasteiger partial charge < -0.3 is 0 Å². The fourth-order valence-electron chi connectivity index (χ4n) is 3.26. The summed E-state index contributed by atoms with van der Waals surface area (Å²) >= 11 is 0. The normalized spacial score (nSPS) is 20.8. The third kappa shape index (κ3) is 1.81. The van der Waals surface area contributed by atoms with Crippen molar-refractivity contribution in [1.29, 1.82) is 0 Å². The first-order valence-electron chi connectivity index (χ1n) is 6.74. The van der Waals surface area contributed by atoms with Gasteiger partial charge in [-0.1, -0.05) is 29.8 Å². The molecule has 84 valence electrons. The molecule has 3 rings (SSSR count). The van der Waals surface area contributed by atoms with Crippen LogP contribution < -0.4 is 0 Å². The number of fused-ring (bicyclic) bond motifs is 1. The second-order valence-electron chi connectivity index (χ2n) is 5.15. The van der Waals surface area contributed by atoms with E-state index in [1.807, 2.05) is 0 Å². The van der Waals surface area contributed by atoms with Gasteiger partial charge in [0.2, 0.25) is 0 Å². The molecule has 0 unspecified atom stereocenters. The van der Waals surface area contributed by atoms with Crippen molar-refractivity contribution in [1.82, 2.24) is 0 Å². The summed E-state index contributed by atoms with van der Waals surface area (Å²) in [5.74, 6) is 0. The lowest BCUT2D eigenvalue weighted by atomic mass is 9.93. The molecule has 16 heavy (non-hydrogen) atoms. The molecule has 0 bridgehead atoms. The smallest absolute Gasteiger partial charge is 0.0193 e. The third-order valence-electron chi connectivity index (χ3n) is 4.10. The van der Waals surface area contributed by atoms with Crippen LogP contribution in [0, 0.1) is 0 Å². The lowest BCUT2D eigenvalue weighted by Gasteiger charge is -2.12. The molecular weight excluding hydrogens is 192 g/mol. The van der Waals surface area contributed by atoms with Crippen LogP contribution in [-0.2, 0) is 6.42 Å². The second kappa shape index (κ2) is 4.45. The van der Waals surface area contributed by atoms with Gasteiger partial charge in [-0.3, -0.25) is 0 Å². The van der Waals surface area contributed by atoms with Crippen LogP contribution in [0.1, 0.15) is 56.1 Å². The first kappa shape index (κ1) is 10.1. The molecule has 0 nitrogen and oxygen atoms in total. The number of benzene rings is 1. The first-order valence-corrected chi connectivity index (χ1v) is 6.74. The van der Waals surface area contributed by atoms with Crippen molar-refractivity contribution < 1.29 is 0 Å². The van der Waals surface area contributed by atoms with E-state index in [1.165, 1.54) is 51.4 Å². The Kier molecular flexibility index (Phi) is 2.82. The number of aryl methyl sites for hydroxylation is 1.